The van der Waals surface area contributed by atoms with Crippen molar-refractivity contribution in [3.63, 3.8) is 0 Å². The van der Waals surface area contributed by atoms with Gasteiger partial charge in [0.25, 0.3) is 0 Å². The molecule has 4 heteroatoms. The van der Waals surface area contributed by atoms with Crippen molar-refractivity contribution < 1.29 is 13.6 Å². The van der Waals surface area contributed by atoms with E-state index in [1.54, 1.807) is 7.05 Å². The summed E-state index contributed by atoms with van der Waals surface area (Å²) >= 11 is 0. The van der Waals surface area contributed by atoms with E-state index in [1.165, 1.54) is 0 Å². The van der Waals surface area contributed by atoms with Gasteiger partial charge in [-0.3, -0.25) is 4.79 Å². The standard InChI is InChI=1S/C15H15NO3/c1-8-4-10-6-13-11(5-9(2)18-13)14(15(10)19-8)12(17)7-16-3/h4-6,16H,7H2,1-3H3. The number of carbonyl (C=O) groups is 1. The smallest absolute Gasteiger partial charge is 0.181 e. The zero-order valence-corrected chi connectivity index (χ0v) is 11.2. The molecule has 2 aromatic heterocycles. The van der Waals surface area contributed by atoms with Gasteiger partial charge in [-0.05, 0) is 39.1 Å². The van der Waals surface area contributed by atoms with Gasteiger partial charge in [0.1, 0.15) is 22.7 Å². The summed E-state index contributed by atoms with van der Waals surface area (Å²) in [6.45, 7) is 4.02. The summed E-state index contributed by atoms with van der Waals surface area (Å²) in [4.78, 5) is 12.3. The maximum atomic E-state index is 12.3. The Balaban J connectivity index is 2.41. The Bertz CT molecular complexity index is 725. The quantitative estimate of drug-likeness (QED) is 0.732. The lowest BCUT2D eigenvalue weighted by molar-refractivity contribution is 0.0995. The van der Waals surface area contributed by atoms with Crippen LogP contribution in [0.25, 0.3) is 21.9 Å². The van der Waals surface area contributed by atoms with E-state index in [1.807, 2.05) is 32.0 Å². The number of Topliss-reactive ketones (excluding diaryl/α,β-unsaturated/α-hetero) is 1. The van der Waals surface area contributed by atoms with Crippen LogP contribution in [0.15, 0.2) is 27.0 Å². The first-order chi connectivity index (χ1) is 9.10. The van der Waals surface area contributed by atoms with Crippen LogP contribution in [0.5, 0.6) is 0 Å². The van der Waals surface area contributed by atoms with E-state index < -0.39 is 0 Å². The molecular weight excluding hydrogens is 242 g/mol. The molecule has 4 nitrogen and oxygen atoms in total. The lowest BCUT2D eigenvalue weighted by Crippen LogP contribution is -2.18. The molecule has 0 aliphatic carbocycles. The minimum absolute atomic E-state index is 0.00764. The van der Waals surface area contributed by atoms with Crippen LogP contribution in [-0.2, 0) is 0 Å². The molecule has 0 bridgehead atoms. The van der Waals surface area contributed by atoms with Gasteiger partial charge < -0.3 is 14.2 Å². The van der Waals surface area contributed by atoms with Crippen LogP contribution in [0.3, 0.4) is 0 Å². The highest BCUT2D eigenvalue weighted by Gasteiger charge is 2.19. The number of carbonyl (C=O) groups excluding carboxylic acids is 1. The molecule has 0 amide bonds. The largest absolute Gasteiger partial charge is 0.461 e. The highest BCUT2D eigenvalue weighted by molar-refractivity contribution is 6.17. The Hall–Kier alpha value is -2.07. The molecule has 0 unspecified atom stereocenters. The number of ketones is 1. The minimum Gasteiger partial charge on any atom is -0.461 e. The van der Waals surface area contributed by atoms with E-state index in [4.69, 9.17) is 8.83 Å². The SMILES string of the molecule is CNCC(=O)c1c2cc(C)oc2cc2cc(C)oc12. The van der Waals surface area contributed by atoms with E-state index in [-0.39, 0.29) is 12.3 Å². The molecule has 1 N–H and O–H groups in total. The van der Waals surface area contributed by atoms with E-state index in [0.717, 1.165) is 27.9 Å². The summed E-state index contributed by atoms with van der Waals surface area (Å²) in [5, 5.41) is 4.61. The van der Waals surface area contributed by atoms with Gasteiger partial charge >= 0.3 is 0 Å². The molecule has 0 fully saturated rings. The molecule has 1 aromatic carbocycles. The van der Waals surface area contributed by atoms with Crippen molar-refractivity contribution in [1.29, 1.82) is 0 Å². The van der Waals surface area contributed by atoms with E-state index >= 15 is 0 Å². The number of benzene rings is 1. The summed E-state index contributed by atoms with van der Waals surface area (Å²) in [5.41, 5.74) is 1.98. The average molecular weight is 257 g/mol. The lowest BCUT2D eigenvalue weighted by Gasteiger charge is -2.03. The summed E-state index contributed by atoms with van der Waals surface area (Å²) < 4.78 is 11.3. The zero-order chi connectivity index (χ0) is 13.6. The number of fused-ring (bicyclic) bond motifs is 2. The zero-order valence-electron chi connectivity index (χ0n) is 11.2. The van der Waals surface area contributed by atoms with Gasteiger partial charge in [0.05, 0.1) is 12.1 Å². The Morgan fingerprint density at radius 2 is 1.89 bits per heavy atom. The fraction of sp³-hybridized carbons (Fsp3) is 0.267. The first-order valence-corrected chi connectivity index (χ1v) is 6.21. The average Bonchev–Trinajstić information content (AvgIpc) is 2.86. The van der Waals surface area contributed by atoms with Gasteiger partial charge in [0, 0.05) is 10.8 Å². The Morgan fingerprint density at radius 1 is 1.16 bits per heavy atom. The Morgan fingerprint density at radius 3 is 2.63 bits per heavy atom. The second-order valence-electron chi connectivity index (χ2n) is 4.75. The van der Waals surface area contributed by atoms with E-state index in [9.17, 15) is 4.79 Å². The van der Waals surface area contributed by atoms with Crippen molar-refractivity contribution in [2.45, 2.75) is 13.8 Å². The number of aryl methyl sites for hydroxylation is 2. The van der Waals surface area contributed by atoms with Crippen molar-refractivity contribution in [1.82, 2.24) is 5.32 Å². The first kappa shape index (κ1) is 12.0. The third-order valence-corrected chi connectivity index (χ3v) is 3.17. The van der Waals surface area contributed by atoms with Gasteiger partial charge in [0.15, 0.2) is 5.78 Å². The molecule has 19 heavy (non-hydrogen) atoms. The van der Waals surface area contributed by atoms with Crippen LogP contribution < -0.4 is 5.32 Å². The van der Waals surface area contributed by atoms with E-state index in [2.05, 4.69) is 5.32 Å². The topological polar surface area (TPSA) is 55.4 Å². The van der Waals surface area contributed by atoms with Gasteiger partial charge in [-0.25, -0.2) is 0 Å². The number of furan rings is 2. The van der Waals surface area contributed by atoms with Crippen molar-refractivity contribution in [2.75, 3.05) is 13.6 Å². The molecule has 0 saturated carbocycles. The van der Waals surface area contributed by atoms with Crippen molar-refractivity contribution >= 4 is 27.7 Å². The summed E-state index contributed by atoms with van der Waals surface area (Å²) in [5.74, 6) is 1.59. The molecule has 3 rings (SSSR count). The van der Waals surface area contributed by atoms with Crippen LogP contribution in [0, 0.1) is 13.8 Å². The van der Waals surface area contributed by atoms with Crippen molar-refractivity contribution in [3.05, 3.63) is 35.3 Å². The lowest BCUT2D eigenvalue weighted by atomic mass is 10.0. The number of hydrogen-bond donors (Lipinski definition) is 1. The molecule has 0 atom stereocenters. The molecule has 0 saturated heterocycles. The second kappa shape index (κ2) is 4.24. The Labute approximate surface area is 110 Å². The normalized spacial score (nSPS) is 11.5. The predicted molar refractivity (Wildman–Crippen MR) is 73.7 cm³/mol. The van der Waals surface area contributed by atoms with Crippen LogP contribution >= 0.6 is 0 Å². The first-order valence-electron chi connectivity index (χ1n) is 6.21. The molecule has 98 valence electrons. The molecule has 0 spiro atoms. The third-order valence-electron chi connectivity index (χ3n) is 3.17. The van der Waals surface area contributed by atoms with Crippen LogP contribution in [-0.4, -0.2) is 19.4 Å². The predicted octanol–water partition coefficient (Wildman–Crippen LogP) is 3.20. The van der Waals surface area contributed by atoms with Gasteiger partial charge in [-0.15, -0.1) is 0 Å². The number of nitrogens with one attached hydrogen (secondary N) is 1. The highest BCUT2D eigenvalue weighted by Crippen LogP contribution is 2.32. The molecule has 2 heterocycles. The molecule has 3 aromatic rings. The summed E-state index contributed by atoms with van der Waals surface area (Å²) in [6, 6.07) is 5.72. The second-order valence-corrected chi connectivity index (χ2v) is 4.75. The van der Waals surface area contributed by atoms with Crippen molar-refractivity contribution in [2.24, 2.45) is 0 Å². The monoisotopic (exact) mass is 257 g/mol. The highest BCUT2D eigenvalue weighted by atomic mass is 16.3. The third kappa shape index (κ3) is 1.85. The number of rotatable bonds is 3. The van der Waals surface area contributed by atoms with Crippen LogP contribution in [0.2, 0.25) is 0 Å². The molecule has 0 radical (unpaired) electrons. The fourth-order valence-corrected chi connectivity index (χ4v) is 2.46. The van der Waals surface area contributed by atoms with Crippen LogP contribution in [0.1, 0.15) is 21.9 Å². The Kier molecular flexibility index (Phi) is 2.68. The number of hydrogen-bond acceptors (Lipinski definition) is 4. The maximum absolute atomic E-state index is 12.3. The molecule has 0 aliphatic heterocycles. The molecular formula is C15H15NO3. The van der Waals surface area contributed by atoms with Gasteiger partial charge in [0.2, 0.25) is 0 Å². The van der Waals surface area contributed by atoms with Crippen molar-refractivity contribution in [3.8, 4) is 0 Å². The van der Waals surface area contributed by atoms with Gasteiger partial charge in [-0.2, -0.15) is 0 Å². The number of likely N-dealkylation sites (N-methyl/N-ethyl adjacent to an activating group) is 1. The summed E-state index contributed by atoms with van der Waals surface area (Å²) in [7, 11) is 1.75. The fourth-order valence-electron chi connectivity index (χ4n) is 2.46. The van der Waals surface area contributed by atoms with E-state index in [0.29, 0.717) is 11.1 Å². The maximum Gasteiger partial charge on any atom is 0.181 e. The molecule has 0 aliphatic rings. The minimum atomic E-state index is 0.00764. The van der Waals surface area contributed by atoms with Gasteiger partial charge in [-0.1, -0.05) is 0 Å². The van der Waals surface area contributed by atoms with Crippen LogP contribution in [0.4, 0.5) is 0 Å². The summed E-state index contributed by atoms with van der Waals surface area (Å²) in [6.07, 6.45) is 0.